The van der Waals surface area contributed by atoms with Crippen molar-refractivity contribution in [1.82, 2.24) is 10.3 Å². The maximum absolute atomic E-state index is 13.1. The van der Waals surface area contributed by atoms with E-state index in [-0.39, 0.29) is 0 Å². The van der Waals surface area contributed by atoms with Gasteiger partial charge in [0.2, 0.25) is 0 Å². The number of aromatic nitrogens is 1. The van der Waals surface area contributed by atoms with E-state index in [1.54, 1.807) is 6.07 Å². The highest BCUT2D eigenvalue weighted by molar-refractivity contribution is 5.79. The van der Waals surface area contributed by atoms with Crippen LogP contribution in [0.15, 0.2) is 48.7 Å². The van der Waals surface area contributed by atoms with Crippen molar-refractivity contribution in [3.63, 3.8) is 0 Å². The molecule has 2 N–H and O–H groups in total. The minimum absolute atomic E-state index is 0.500. The van der Waals surface area contributed by atoms with E-state index in [9.17, 15) is 8.78 Å². The zero-order valence-electron chi connectivity index (χ0n) is 10.8. The van der Waals surface area contributed by atoms with Crippen LogP contribution in [0.4, 0.5) is 8.78 Å². The molecule has 0 bridgehead atoms. The highest BCUT2D eigenvalue weighted by Crippen LogP contribution is 2.14. The van der Waals surface area contributed by atoms with E-state index in [0.717, 1.165) is 22.7 Å². The van der Waals surface area contributed by atoms with E-state index in [2.05, 4.69) is 28.5 Å². The van der Waals surface area contributed by atoms with Gasteiger partial charge >= 0.3 is 0 Å². The first kappa shape index (κ1) is 12.8. The SMILES string of the molecule is Fc1ccc(CNCc2ccc3cc[nH]c3c2)cc1F. The smallest absolute Gasteiger partial charge is 0.159 e. The molecule has 3 rings (SSSR count). The van der Waals surface area contributed by atoms with Gasteiger partial charge in [0.1, 0.15) is 0 Å². The lowest BCUT2D eigenvalue weighted by atomic mass is 10.1. The molecule has 0 spiro atoms. The Hall–Kier alpha value is -2.20. The first-order valence-corrected chi connectivity index (χ1v) is 6.43. The van der Waals surface area contributed by atoms with Crippen LogP contribution >= 0.6 is 0 Å². The molecule has 0 unspecified atom stereocenters. The highest BCUT2D eigenvalue weighted by Gasteiger charge is 2.02. The Morgan fingerprint density at radius 3 is 2.40 bits per heavy atom. The van der Waals surface area contributed by atoms with Crippen LogP contribution in [0.2, 0.25) is 0 Å². The van der Waals surface area contributed by atoms with Gasteiger partial charge in [0, 0.05) is 24.8 Å². The average molecular weight is 272 g/mol. The number of halogens is 2. The second kappa shape index (κ2) is 5.43. The second-order valence-corrected chi connectivity index (χ2v) is 4.75. The molecule has 20 heavy (non-hydrogen) atoms. The average Bonchev–Trinajstić information content (AvgIpc) is 2.90. The molecule has 0 fully saturated rings. The summed E-state index contributed by atoms with van der Waals surface area (Å²) in [4.78, 5) is 3.16. The summed E-state index contributed by atoms with van der Waals surface area (Å²) in [6.45, 7) is 1.17. The van der Waals surface area contributed by atoms with Crippen LogP contribution < -0.4 is 5.32 Å². The van der Waals surface area contributed by atoms with Gasteiger partial charge in [0.25, 0.3) is 0 Å². The number of H-pyrrole nitrogens is 1. The summed E-state index contributed by atoms with van der Waals surface area (Å²) in [5.41, 5.74) is 2.96. The molecule has 0 atom stereocenters. The lowest BCUT2D eigenvalue weighted by molar-refractivity contribution is 0.506. The van der Waals surface area contributed by atoms with Crippen LogP contribution in [-0.2, 0) is 13.1 Å². The van der Waals surface area contributed by atoms with Gasteiger partial charge in [-0.15, -0.1) is 0 Å². The molecule has 1 aromatic heterocycles. The quantitative estimate of drug-likeness (QED) is 0.744. The van der Waals surface area contributed by atoms with Crippen LogP contribution in [0, 0.1) is 11.6 Å². The molecular weight excluding hydrogens is 258 g/mol. The molecule has 0 aliphatic heterocycles. The maximum atomic E-state index is 13.1. The summed E-state index contributed by atoms with van der Waals surface area (Å²) >= 11 is 0. The third kappa shape index (κ3) is 2.70. The lowest BCUT2D eigenvalue weighted by Crippen LogP contribution is -2.12. The zero-order chi connectivity index (χ0) is 13.9. The standard InChI is InChI=1S/C16H14F2N2/c17-14-4-2-11(7-15(14)18)9-19-10-12-1-3-13-5-6-20-16(13)8-12/h1-8,19-20H,9-10H2. The fourth-order valence-electron chi connectivity index (χ4n) is 2.21. The summed E-state index contributed by atoms with van der Waals surface area (Å²) < 4.78 is 25.9. The van der Waals surface area contributed by atoms with E-state index in [1.165, 1.54) is 11.5 Å². The molecule has 2 aromatic carbocycles. The molecule has 2 nitrogen and oxygen atoms in total. The Balaban J connectivity index is 1.62. The third-order valence-electron chi connectivity index (χ3n) is 3.26. The van der Waals surface area contributed by atoms with Gasteiger partial charge in [-0.25, -0.2) is 8.78 Å². The van der Waals surface area contributed by atoms with Crippen molar-refractivity contribution in [3.05, 3.63) is 71.4 Å². The number of hydrogen-bond donors (Lipinski definition) is 2. The Morgan fingerprint density at radius 1 is 0.850 bits per heavy atom. The van der Waals surface area contributed by atoms with Gasteiger partial charge in [0.15, 0.2) is 11.6 Å². The largest absolute Gasteiger partial charge is 0.361 e. The van der Waals surface area contributed by atoms with Crippen LogP contribution in [0.5, 0.6) is 0 Å². The van der Waals surface area contributed by atoms with Crippen LogP contribution in [-0.4, -0.2) is 4.98 Å². The fourth-order valence-corrected chi connectivity index (χ4v) is 2.21. The predicted molar refractivity (Wildman–Crippen MR) is 75.2 cm³/mol. The number of fused-ring (bicyclic) bond motifs is 1. The lowest BCUT2D eigenvalue weighted by Gasteiger charge is -2.06. The van der Waals surface area contributed by atoms with Gasteiger partial charge in [-0.2, -0.15) is 0 Å². The number of hydrogen-bond acceptors (Lipinski definition) is 1. The van der Waals surface area contributed by atoms with Crippen molar-refractivity contribution in [3.8, 4) is 0 Å². The molecule has 0 radical (unpaired) electrons. The van der Waals surface area contributed by atoms with E-state index in [1.807, 2.05) is 12.3 Å². The molecule has 0 aliphatic carbocycles. The molecule has 0 saturated carbocycles. The van der Waals surface area contributed by atoms with Gasteiger partial charge < -0.3 is 10.3 Å². The molecule has 0 saturated heterocycles. The highest BCUT2D eigenvalue weighted by atomic mass is 19.2. The van der Waals surface area contributed by atoms with Gasteiger partial charge in [-0.1, -0.05) is 18.2 Å². The van der Waals surface area contributed by atoms with Gasteiger partial charge in [0.05, 0.1) is 0 Å². The summed E-state index contributed by atoms with van der Waals surface area (Å²) in [5.74, 6) is -1.62. The predicted octanol–water partition coefficient (Wildman–Crippen LogP) is 3.74. The monoisotopic (exact) mass is 272 g/mol. The van der Waals surface area contributed by atoms with Gasteiger partial charge in [-0.05, 0) is 40.8 Å². The van der Waals surface area contributed by atoms with E-state index >= 15 is 0 Å². The van der Waals surface area contributed by atoms with Crippen molar-refractivity contribution in [2.45, 2.75) is 13.1 Å². The molecular formula is C16H14F2N2. The topological polar surface area (TPSA) is 27.8 Å². The minimum Gasteiger partial charge on any atom is -0.361 e. The van der Waals surface area contributed by atoms with Crippen molar-refractivity contribution in [1.29, 1.82) is 0 Å². The summed E-state index contributed by atoms with van der Waals surface area (Å²) in [6.07, 6.45) is 1.91. The Labute approximate surface area is 115 Å². The fraction of sp³-hybridized carbons (Fsp3) is 0.125. The zero-order valence-corrected chi connectivity index (χ0v) is 10.8. The number of nitrogens with one attached hydrogen (secondary N) is 2. The second-order valence-electron chi connectivity index (χ2n) is 4.75. The third-order valence-corrected chi connectivity index (χ3v) is 3.26. The number of rotatable bonds is 4. The van der Waals surface area contributed by atoms with Crippen molar-refractivity contribution in [2.24, 2.45) is 0 Å². The van der Waals surface area contributed by atoms with Crippen molar-refractivity contribution >= 4 is 10.9 Å². The summed E-state index contributed by atoms with van der Waals surface area (Å²) in [6, 6.07) is 12.2. The van der Waals surface area contributed by atoms with Crippen LogP contribution in [0.25, 0.3) is 10.9 Å². The summed E-state index contributed by atoms with van der Waals surface area (Å²) in [5, 5.41) is 4.39. The number of aromatic amines is 1. The molecule has 1 heterocycles. The molecule has 0 amide bonds. The maximum Gasteiger partial charge on any atom is 0.159 e. The normalized spacial score (nSPS) is 11.1. The molecule has 3 aromatic rings. The van der Waals surface area contributed by atoms with E-state index in [0.29, 0.717) is 13.1 Å². The Kier molecular flexibility index (Phi) is 3.48. The van der Waals surface area contributed by atoms with Crippen LogP contribution in [0.1, 0.15) is 11.1 Å². The molecule has 4 heteroatoms. The summed E-state index contributed by atoms with van der Waals surface area (Å²) in [7, 11) is 0. The minimum atomic E-state index is -0.814. The Morgan fingerprint density at radius 2 is 1.60 bits per heavy atom. The molecule has 102 valence electrons. The Bertz CT molecular complexity index is 734. The van der Waals surface area contributed by atoms with Gasteiger partial charge in [-0.3, -0.25) is 0 Å². The number of benzene rings is 2. The van der Waals surface area contributed by atoms with Crippen LogP contribution in [0.3, 0.4) is 0 Å². The molecule has 0 aliphatic rings. The van der Waals surface area contributed by atoms with E-state index < -0.39 is 11.6 Å². The van der Waals surface area contributed by atoms with Crippen molar-refractivity contribution < 1.29 is 8.78 Å². The van der Waals surface area contributed by atoms with Crippen molar-refractivity contribution in [2.75, 3.05) is 0 Å². The first-order valence-electron chi connectivity index (χ1n) is 6.43. The van der Waals surface area contributed by atoms with E-state index in [4.69, 9.17) is 0 Å². The first-order chi connectivity index (χ1) is 9.72.